The minimum atomic E-state index is 0.155. The molecule has 1 aromatic heterocycles. The maximum Gasteiger partial charge on any atom is 0.232 e. The summed E-state index contributed by atoms with van der Waals surface area (Å²) >= 11 is 9.00. The standard InChI is InChI=1S/C12H10BrClN2O2/c1-17-9-4-2-8(3-5-9)7-18-11-10(13)6-15-12(14)16-11/h2-6H,7H2,1H3. The zero-order valence-corrected chi connectivity index (χ0v) is 11.9. The lowest BCUT2D eigenvalue weighted by atomic mass is 10.2. The molecule has 0 N–H and O–H groups in total. The molecule has 0 spiro atoms. The zero-order valence-electron chi connectivity index (χ0n) is 9.56. The van der Waals surface area contributed by atoms with Crippen LogP contribution in [0.4, 0.5) is 0 Å². The van der Waals surface area contributed by atoms with E-state index >= 15 is 0 Å². The Bertz CT molecular complexity index is 534. The van der Waals surface area contributed by atoms with E-state index in [2.05, 4.69) is 25.9 Å². The maximum atomic E-state index is 5.70. The van der Waals surface area contributed by atoms with Crippen molar-refractivity contribution in [3.8, 4) is 11.6 Å². The third-order valence-corrected chi connectivity index (χ3v) is 2.94. The molecule has 18 heavy (non-hydrogen) atoms. The largest absolute Gasteiger partial charge is 0.497 e. The highest BCUT2D eigenvalue weighted by molar-refractivity contribution is 9.10. The highest BCUT2D eigenvalue weighted by Crippen LogP contribution is 2.23. The van der Waals surface area contributed by atoms with Gasteiger partial charge in [-0.15, -0.1) is 0 Å². The molecule has 2 aromatic rings. The topological polar surface area (TPSA) is 44.2 Å². The van der Waals surface area contributed by atoms with Gasteiger partial charge in [0.05, 0.1) is 11.6 Å². The first-order valence-corrected chi connectivity index (χ1v) is 6.30. The fraction of sp³-hybridized carbons (Fsp3) is 0.167. The molecule has 1 aromatic carbocycles. The third-order valence-electron chi connectivity index (χ3n) is 2.22. The molecule has 0 aliphatic heterocycles. The maximum absolute atomic E-state index is 5.70. The molecule has 0 atom stereocenters. The van der Waals surface area contributed by atoms with E-state index in [-0.39, 0.29) is 5.28 Å². The van der Waals surface area contributed by atoms with Crippen molar-refractivity contribution < 1.29 is 9.47 Å². The fourth-order valence-corrected chi connectivity index (χ4v) is 1.74. The second-order valence-electron chi connectivity index (χ2n) is 3.43. The van der Waals surface area contributed by atoms with Crippen LogP contribution in [0.15, 0.2) is 34.9 Å². The lowest BCUT2D eigenvalue weighted by molar-refractivity contribution is 0.291. The predicted octanol–water partition coefficient (Wildman–Crippen LogP) is 3.48. The summed E-state index contributed by atoms with van der Waals surface area (Å²) < 4.78 is 11.3. The predicted molar refractivity (Wildman–Crippen MR) is 72.1 cm³/mol. The van der Waals surface area contributed by atoms with Crippen LogP contribution in [0.25, 0.3) is 0 Å². The highest BCUT2D eigenvalue weighted by atomic mass is 79.9. The van der Waals surface area contributed by atoms with Crippen LogP contribution in [0.3, 0.4) is 0 Å². The Morgan fingerprint density at radius 1 is 1.28 bits per heavy atom. The number of aromatic nitrogens is 2. The van der Waals surface area contributed by atoms with E-state index in [0.29, 0.717) is 17.0 Å². The van der Waals surface area contributed by atoms with E-state index in [9.17, 15) is 0 Å². The number of benzene rings is 1. The van der Waals surface area contributed by atoms with Gasteiger partial charge < -0.3 is 9.47 Å². The molecule has 0 aliphatic rings. The molecule has 94 valence electrons. The zero-order chi connectivity index (χ0) is 13.0. The summed E-state index contributed by atoms with van der Waals surface area (Å²) in [4.78, 5) is 7.81. The van der Waals surface area contributed by atoms with Gasteiger partial charge in [0.15, 0.2) is 0 Å². The third kappa shape index (κ3) is 3.34. The second-order valence-corrected chi connectivity index (χ2v) is 4.62. The van der Waals surface area contributed by atoms with E-state index < -0.39 is 0 Å². The summed E-state index contributed by atoms with van der Waals surface area (Å²) in [7, 11) is 1.63. The highest BCUT2D eigenvalue weighted by Gasteiger charge is 2.05. The van der Waals surface area contributed by atoms with E-state index in [4.69, 9.17) is 21.1 Å². The summed E-state index contributed by atoms with van der Waals surface area (Å²) in [5.41, 5.74) is 1.01. The van der Waals surface area contributed by atoms with E-state index in [0.717, 1.165) is 11.3 Å². The van der Waals surface area contributed by atoms with Crippen LogP contribution in [-0.4, -0.2) is 17.1 Å². The van der Waals surface area contributed by atoms with Crippen LogP contribution in [0, 0.1) is 0 Å². The quantitative estimate of drug-likeness (QED) is 0.806. The molecule has 6 heteroatoms. The number of methoxy groups -OCH3 is 1. The van der Waals surface area contributed by atoms with E-state index in [1.54, 1.807) is 13.3 Å². The Kier molecular flexibility index (Phi) is 4.38. The molecule has 0 amide bonds. The first-order chi connectivity index (χ1) is 8.69. The van der Waals surface area contributed by atoms with Crippen molar-refractivity contribution in [2.24, 2.45) is 0 Å². The van der Waals surface area contributed by atoms with Crippen LogP contribution < -0.4 is 9.47 Å². The Morgan fingerprint density at radius 2 is 2.00 bits per heavy atom. The molecular formula is C12H10BrClN2O2. The first-order valence-electron chi connectivity index (χ1n) is 5.13. The van der Waals surface area contributed by atoms with Crippen molar-refractivity contribution in [1.29, 1.82) is 0 Å². The van der Waals surface area contributed by atoms with Gasteiger partial charge >= 0.3 is 0 Å². The first kappa shape index (κ1) is 13.1. The minimum Gasteiger partial charge on any atom is -0.497 e. The van der Waals surface area contributed by atoms with Gasteiger partial charge in [-0.2, -0.15) is 4.98 Å². The number of halogens is 2. The second kappa shape index (κ2) is 6.02. The van der Waals surface area contributed by atoms with Crippen LogP contribution >= 0.6 is 27.5 Å². The van der Waals surface area contributed by atoms with Crippen molar-refractivity contribution in [1.82, 2.24) is 9.97 Å². The van der Waals surface area contributed by atoms with Gasteiger partial charge in [-0.1, -0.05) is 12.1 Å². The number of rotatable bonds is 4. The molecule has 4 nitrogen and oxygen atoms in total. The van der Waals surface area contributed by atoms with Gasteiger partial charge in [0.2, 0.25) is 11.2 Å². The SMILES string of the molecule is COc1ccc(COc2nc(Cl)ncc2Br)cc1. The summed E-state index contributed by atoms with van der Waals surface area (Å²) in [6.45, 7) is 0.399. The summed E-state index contributed by atoms with van der Waals surface area (Å²) in [5, 5.41) is 0.155. The van der Waals surface area contributed by atoms with E-state index in [1.807, 2.05) is 24.3 Å². The number of hydrogen-bond donors (Lipinski definition) is 0. The van der Waals surface area contributed by atoms with Gasteiger partial charge in [0.25, 0.3) is 0 Å². The molecule has 0 saturated heterocycles. The molecule has 1 heterocycles. The number of nitrogens with zero attached hydrogens (tertiary/aromatic N) is 2. The monoisotopic (exact) mass is 328 g/mol. The minimum absolute atomic E-state index is 0.155. The molecule has 0 aliphatic carbocycles. The fourth-order valence-electron chi connectivity index (χ4n) is 1.31. The smallest absolute Gasteiger partial charge is 0.232 e. The Morgan fingerprint density at radius 3 is 2.67 bits per heavy atom. The molecule has 0 bridgehead atoms. The van der Waals surface area contributed by atoms with Gasteiger partial charge in [0, 0.05) is 6.20 Å². The van der Waals surface area contributed by atoms with Crippen molar-refractivity contribution in [3.05, 3.63) is 45.8 Å². The van der Waals surface area contributed by atoms with Crippen molar-refractivity contribution in [3.63, 3.8) is 0 Å². The summed E-state index contributed by atoms with van der Waals surface area (Å²) in [6.07, 6.45) is 1.55. The molecule has 0 radical (unpaired) electrons. The van der Waals surface area contributed by atoms with Gasteiger partial charge in [0.1, 0.15) is 12.4 Å². The van der Waals surface area contributed by atoms with Crippen LogP contribution in [0.2, 0.25) is 5.28 Å². The molecule has 0 saturated carbocycles. The van der Waals surface area contributed by atoms with Crippen LogP contribution in [0.1, 0.15) is 5.56 Å². The average Bonchev–Trinajstić information content (AvgIpc) is 2.40. The van der Waals surface area contributed by atoms with Crippen molar-refractivity contribution >= 4 is 27.5 Å². The van der Waals surface area contributed by atoms with Crippen molar-refractivity contribution in [2.75, 3.05) is 7.11 Å². The normalized spacial score (nSPS) is 10.2. The van der Waals surface area contributed by atoms with Crippen LogP contribution in [0.5, 0.6) is 11.6 Å². The molecular weight excluding hydrogens is 320 g/mol. The number of hydrogen-bond acceptors (Lipinski definition) is 4. The number of ether oxygens (including phenoxy) is 2. The molecule has 0 fully saturated rings. The van der Waals surface area contributed by atoms with Gasteiger partial charge in [-0.05, 0) is 45.2 Å². The van der Waals surface area contributed by atoms with Crippen LogP contribution in [-0.2, 0) is 6.61 Å². The summed E-state index contributed by atoms with van der Waals surface area (Å²) in [5.74, 6) is 1.23. The summed E-state index contributed by atoms with van der Waals surface area (Å²) in [6, 6.07) is 7.60. The average molecular weight is 330 g/mol. The van der Waals surface area contributed by atoms with Gasteiger partial charge in [-0.25, -0.2) is 4.98 Å². The lowest BCUT2D eigenvalue weighted by Gasteiger charge is -2.07. The van der Waals surface area contributed by atoms with Gasteiger partial charge in [-0.3, -0.25) is 0 Å². The lowest BCUT2D eigenvalue weighted by Crippen LogP contribution is -1.99. The Hall–Kier alpha value is -1.33. The molecule has 0 unspecified atom stereocenters. The Balaban J connectivity index is 2.04. The molecule has 2 rings (SSSR count). The van der Waals surface area contributed by atoms with Crippen molar-refractivity contribution in [2.45, 2.75) is 6.61 Å². The Labute approximate surface area is 118 Å². The van der Waals surface area contributed by atoms with E-state index in [1.165, 1.54) is 0 Å².